The summed E-state index contributed by atoms with van der Waals surface area (Å²) >= 11 is 0. The molecule has 1 saturated carbocycles. The molecule has 0 amide bonds. The Kier molecular flexibility index (Phi) is 9.85. The second-order valence-corrected chi connectivity index (χ2v) is 8.18. The Bertz CT molecular complexity index is 635. The van der Waals surface area contributed by atoms with Crippen LogP contribution in [0.3, 0.4) is 0 Å². The van der Waals surface area contributed by atoms with E-state index in [0.29, 0.717) is 19.3 Å². The number of ether oxygens (including phenoxy) is 2. The van der Waals surface area contributed by atoms with Crippen LogP contribution in [0, 0.1) is 6.92 Å². The second-order valence-electron chi connectivity index (χ2n) is 8.18. The molecule has 1 aliphatic heterocycles. The van der Waals surface area contributed by atoms with Crippen LogP contribution in [0.4, 0.5) is 0 Å². The number of guanidine groups is 1. The van der Waals surface area contributed by atoms with E-state index in [4.69, 9.17) is 14.5 Å². The zero-order chi connectivity index (χ0) is 21.0. The van der Waals surface area contributed by atoms with Crippen LogP contribution in [0.5, 0.6) is 0 Å². The molecule has 0 radical (unpaired) electrons. The number of hydrogen-bond acceptors (Lipinski definition) is 6. The molecule has 1 aromatic rings. The van der Waals surface area contributed by atoms with Gasteiger partial charge in [-0.05, 0) is 19.8 Å². The molecule has 2 aliphatic rings. The van der Waals surface area contributed by atoms with Gasteiger partial charge in [0.1, 0.15) is 12.4 Å². The van der Waals surface area contributed by atoms with Crippen LogP contribution < -0.4 is 10.6 Å². The predicted molar refractivity (Wildman–Crippen MR) is 118 cm³/mol. The quantitative estimate of drug-likeness (QED) is 0.268. The highest BCUT2D eigenvalue weighted by molar-refractivity contribution is 5.79. The molecule has 1 aromatic heterocycles. The molecule has 0 aromatic carbocycles. The molecule has 2 heterocycles. The fraction of sp³-hybridized carbons (Fsp3) is 0.857. The van der Waals surface area contributed by atoms with E-state index in [1.54, 1.807) is 0 Å². The Hall–Kier alpha value is -1.71. The molecule has 1 aliphatic carbocycles. The van der Waals surface area contributed by atoms with Crippen molar-refractivity contribution in [3.05, 3.63) is 11.6 Å². The van der Waals surface area contributed by atoms with Gasteiger partial charge in [0, 0.05) is 39.8 Å². The van der Waals surface area contributed by atoms with E-state index in [9.17, 15) is 0 Å². The molecule has 3 rings (SSSR count). The number of aromatic nitrogens is 3. The van der Waals surface area contributed by atoms with Gasteiger partial charge in [-0.15, -0.1) is 10.2 Å². The van der Waals surface area contributed by atoms with E-state index in [1.165, 1.54) is 38.5 Å². The second kappa shape index (κ2) is 12.9. The topological polar surface area (TPSA) is 88.8 Å². The summed E-state index contributed by atoms with van der Waals surface area (Å²) in [5.41, 5.74) is 0. The summed E-state index contributed by atoms with van der Waals surface area (Å²) in [6.07, 6.45) is 8.11. The lowest BCUT2D eigenvalue weighted by atomic mass is 10.1. The Morgan fingerprint density at radius 1 is 1.10 bits per heavy atom. The van der Waals surface area contributed by atoms with Gasteiger partial charge in [0.15, 0.2) is 11.8 Å². The summed E-state index contributed by atoms with van der Waals surface area (Å²) in [5, 5.41) is 15.2. The number of hydrogen-bond donors (Lipinski definition) is 2. The van der Waals surface area contributed by atoms with Crippen LogP contribution in [0.15, 0.2) is 4.99 Å². The normalized spacial score (nSPS) is 19.6. The van der Waals surface area contributed by atoms with Gasteiger partial charge in [-0.1, -0.05) is 25.7 Å². The molecule has 2 N–H and O–H groups in total. The van der Waals surface area contributed by atoms with Crippen molar-refractivity contribution >= 4 is 5.96 Å². The van der Waals surface area contributed by atoms with Gasteiger partial charge in [-0.2, -0.15) is 0 Å². The summed E-state index contributed by atoms with van der Waals surface area (Å²) in [7, 11) is 1.97. The number of nitrogens with one attached hydrogen (secondary N) is 2. The summed E-state index contributed by atoms with van der Waals surface area (Å²) in [6.45, 7) is 9.35. The highest BCUT2D eigenvalue weighted by atomic mass is 16.5. The van der Waals surface area contributed by atoms with Crippen LogP contribution in [0.2, 0.25) is 0 Å². The molecule has 0 atom stereocenters. The molecule has 9 nitrogen and oxygen atoms in total. The maximum Gasteiger partial charge on any atom is 0.191 e. The minimum absolute atomic E-state index is 0.422. The van der Waals surface area contributed by atoms with E-state index in [2.05, 4.69) is 25.7 Å². The smallest absolute Gasteiger partial charge is 0.191 e. The van der Waals surface area contributed by atoms with Crippen molar-refractivity contribution in [3.8, 4) is 0 Å². The van der Waals surface area contributed by atoms with E-state index in [1.807, 2.05) is 18.5 Å². The van der Waals surface area contributed by atoms with E-state index in [-0.39, 0.29) is 0 Å². The van der Waals surface area contributed by atoms with Crippen molar-refractivity contribution in [1.29, 1.82) is 0 Å². The standard InChI is InChI=1S/C21H39N7O2/c1-18-25-26-20(27(18)2)17-24-21(22-9-11-28-12-15-29-16-13-28)23-10-14-30-19-7-5-3-4-6-8-19/h19H,3-17H2,1-2H3,(H2,22,23,24). The van der Waals surface area contributed by atoms with Crippen LogP contribution >= 0.6 is 0 Å². The first kappa shape index (κ1) is 23.0. The summed E-state index contributed by atoms with van der Waals surface area (Å²) in [4.78, 5) is 7.13. The Labute approximate surface area is 180 Å². The van der Waals surface area contributed by atoms with Crippen molar-refractivity contribution < 1.29 is 9.47 Å². The van der Waals surface area contributed by atoms with Crippen LogP contribution in [-0.2, 0) is 23.1 Å². The van der Waals surface area contributed by atoms with Gasteiger partial charge in [0.25, 0.3) is 0 Å². The molecule has 0 spiro atoms. The van der Waals surface area contributed by atoms with Gasteiger partial charge in [0.05, 0.1) is 25.9 Å². The number of rotatable bonds is 9. The average molecular weight is 422 g/mol. The third-order valence-corrected chi connectivity index (χ3v) is 5.94. The summed E-state index contributed by atoms with van der Waals surface area (Å²) < 4.78 is 13.5. The highest BCUT2D eigenvalue weighted by Gasteiger charge is 2.13. The molecular formula is C21H39N7O2. The summed E-state index contributed by atoms with van der Waals surface area (Å²) in [5.74, 6) is 2.55. The van der Waals surface area contributed by atoms with Crippen molar-refractivity contribution in [2.24, 2.45) is 12.0 Å². The maximum atomic E-state index is 6.10. The molecule has 2 fully saturated rings. The van der Waals surface area contributed by atoms with E-state index in [0.717, 1.165) is 63.5 Å². The fourth-order valence-electron chi connectivity index (χ4n) is 3.87. The number of morpholine rings is 1. The molecule has 1 saturated heterocycles. The number of aryl methyl sites for hydroxylation is 1. The lowest BCUT2D eigenvalue weighted by molar-refractivity contribution is 0.0388. The minimum atomic E-state index is 0.422. The van der Waals surface area contributed by atoms with Gasteiger partial charge in [-0.3, -0.25) is 4.90 Å². The van der Waals surface area contributed by atoms with Crippen molar-refractivity contribution in [2.45, 2.75) is 58.1 Å². The zero-order valence-electron chi connectivity index (χ0n) is 18.7. The SMILES string of the molecule is Cc1nnc(CN=C(NCCOC2CCCCCC2)NCCN2CCOCC2)n1C. The largest absolute Gasteiger partial charge is 0.379 e. The van der Waals surface area contributed by atoms with Crippen molar-refractivity contribution in [3.63, 3.8) is 0 Å². The third-order valence-electron chi connectivity index (χ3n) is 5.94. The predicted octanol–water partition coefficient (Wildman–Crippen LogP) is 1.23. The van der Waals surface area contributed by atoms with Gasteiger partial charge in [-0.25, -0.2) is 4.99 Å². The lowest BCUT2D eigenvalue weighted by Crippen LogP contribution is -2.45. The summed E-state index contributed by atoms with van der Waals surface area (Å²) in [6, 6.07) is 0. The highest BCUT2D eigenvalue weighted by Crippen LogP contribution is 2.19. The molecule has 0 unspecified atom stereocenters. The van der Waals surface area contributed by atoms with Crippen LogP contribution in [-0.4, -0.2) is 84.3 Å². The Morgan fingerprint density at radius 3 is 2.53 bits per heavy atom. The third kappa shape index (κ3) is 7.85. The van der Waals surface area contributed by atoms with E-state index < -0.39 is 0 Å². The first-order valence-electron chi connectivity index (χ1n) is 11.5. The molecular weight excluding hydrogens is 382 g/mol. The Morgan fingerprint density at radius 2 is 1.83 bits per heavy atom. The van der Waals surface area contributed by atoms with Gasteiger partial charge in [0.2, 0.25) is 0 Å². The molecule has 9 heteroatoms. The van der Waals surface area contributed by atoms with Crippen LogP contribution in [0.1, 0.15) is 50.2 Å². The van der Waals surface area contributed by atoms with Gasteiger partial charge >= 0.3 is 0 Å². The first-order valence-corrected chi connectivity index (χ1v) is 11.5. The Balaban J connectivity index is 1.44. The number of aliphatic imine (C=N–C) groups is 1. The van der Waals surface area contributed by atoms with Gasteiger partial charge < -0.3 is 24.7 Å². The number of nitrogens with zero attached hydrogens (tertiary/aromatic N) is 5. The first-order chi connectivity index (χ1) is 14.7. The zero-order valence-corrected chi connectivity index (χ0v) is 18.7. The molecule has 30 heavy (non-hydrogen) atoms. The monoisotopic (exact) mass is 421 g/mol. The van der Waals surface area contributed by atoms with Crippen molar-refractivity contribution in [2.75, 3.05) is 52.5 Å². The molecule has 0 bridgehead atoms. The van der Waals surface area contributed by atoms with Crippen molar-refractivity contribution in [1.82, 2.24) is 30.3 Å². The van der Waals surface area contributed by atoms with Crippen LogP contribution in [0.25, 0.3) is 0 Å². The minimum Gasteiger partial charge on any atom is -0.379 e. The van der Waals surface area contributed by atoms with E-state index >= 15 is 0 Å². The lowest BCUT2D eigenvalue weighted by Gasteiger charge is -2.26. The maximum absolute atomic E-state index is 6.10. The average Bonchev–Trinajstić information content (AvgIpc) is 2.95. The molecule has 170 valence electrons. The fourth-order valence-corrected chi connectivity index (χ4v) is 3.87.